The molecule has 4 heteroatoms. The lowest BCUT2D eigenvalue weighted by Gasteiger charge is -2.41. The summed E-state index contributed by atoms with van der Waals surface area (Å²) in [7, 11) is 0. The predicted octanol–water partition coefficient (Wildman–Crippen LogP) is 10.5. The van der Waals surface area contributed by atoms with Gasteiger partial charge in [0.15, 0.2) is 5.92 Å². The number of benzene rings is 4. The Morgan fingerprint density at radius 2 is 0.812 bits per heavy atom. The molecule has 0 unspecified atom stereocenters. The number of esters is 2. The van der Waals surface area contributed by atoms with Crippen molar-refractivity contribution in [3.05, 3.63) is 119 Å². The van der Waals surface area contributed by atoms with Gasteiger partial charge in [-0.25, -0.2) is 0 Å². The highest BCUT2D eigenvalue weighted by Gasteiger charge is 2.46. The van der Waals surface area contributed by atoms with Gasteiger partial charge in [-0.1, -0.05) is 110 Å². The van der Waals surface area contributed by atoms with Crippen LogP contribution in [0.3, 0.4) is 0 Å². The van der Waals surface area contributed by atoms with Crippen molar-refractivity contribution in [1.82, 2.24) is 0 Å². The second-order valence-electron chi connectivity index (χ2n) is 14.9. The molecule has 0 radical (unpaired) electrons. The second kappa shape index (κ2) is 12.7. The van der Waals surface area contributed by atoms with Gasteiger partial charge in [-0.3, -0.25) is 9.59 Å². The van der Waals surface area contributed by atoms with Gasteiger partial charge in [-0.2, -0.15) is 0 Å². The first-order chi connectivity index (χ1) is 23.5. The molecule has 0 bridgehead atoms. The molecule has 0 amide bonds. The fraction of sp³-hybridized carbons (Fsp3) is 0.409. The lowest BCUT2D eigenvalue weighted by Crippen LogP contribution is -2.44. The minimum Gasteiger partial charge on any atom is -0.458 e. The molecular formula is C44H46O4. The summed E-state index contributed by atoms with van der Waals surface area (Å²) < 4.78 is 13.1. The van der Waals surface area contributed by atoms with E-state index in [0.717, 1.165) is 77.0 Å². The van der Waals surface area contributed by atoms with Crippen LogP contribution in [0.1, 0.15) is 118 Å². The third-order valence-corrected chi connectivity index (χ3v) is 11.9. The maximum atomic E-state index is 14.0. The molecule has 8 rings (SSSR count). The van der Waals surface area contributed by atoms with Crippen molar-refractivity contribution in [3.63, 3.8) is 0 Å². The van der Waals surface area contributed by atoms with E-state index in [1.807, 2.05) is 0 Å². The highest BCUT2D eigenvalue weighted by Crippen LogP contribution is 2.52. The summed E-state index contributed by atoms with van der Waals surface area (Å²) in [6, 6.07) is 34.6. The highest BCUT2D eigenvalue weighted by molar-refractivity contribution is 5.95. The molecule has 4 aromatic rings. The molecule has 0 aromatic heterocycles. The third-order valence-electron chi connectivity index (χ3n) is 11.9. The van der Waals surface area contributed by atoms with Crippen LogP contribution in [0.5, 0.6) is 0 Å². The molecule has 4 aliphatic carbocycles. The lowest BCUT2D eigenvalue weighted by atomic mass is 9.75. The summed E-state index contributed by atoms with van der Waals surface area (Å²) in [5.74, 6) is -1.54. The molecule has 48 heavy (non-hydrogen) atoms. The lowest BCUT2D eigenvalue weighted by molar-refractivity contribution is -0.183. The van der Waals surface area contributed by atoms with Crippen molar-refractivity contribution in [2.24, 2.45) is 5.92 Å². The Kier molecular flexibility index (Phi) is 8.22. The predicted molar refractivity (Wildman–Crippen MR) is 190 cm³/mol. The largest absolute Gasteiger partial charge is 0.458 e. The summed E-state index contributed by atoms with van der Waals surface area (Å²) in [5, 5.41) is 0. The first-order valence-corrected chi connectivity index (χ1v) is 18.3. The summed E-state index contributed by atoms with van der Waals surface area (Å²) in [4.78, 5) is 28.0. The maximum Gasteiger partial charge on any atom is 0.320 e. The van der Waals surface area contributed by atoms with E-state index >= 15 is 0 Å². The maximum absolute atomic E-state index is 14.0. The van der Waals surface area contributed by atoms with Crippen LogP contribution in [-0.4, -0.2) is 23.1 Å². The minimum atomic E-state index is -0.978. The van der Waals surface area contributed by atoms with Crippen molar-refractivity contribution in [3.8, 4) is 22.3 Å². The fourth-order valence-corrected chi connectivity index (χ4v) is 9.49. The number of fused-ring (bicyclic) bond motifs is 6. The molecule has 0 spiro atoms. The van der Waals surface area contributed by atoms with E-state index in [-0.39, 0.29) is 11.8 Å². The first-order valence-electron chi connectivity index (χ1n) is 18.3. The van der Waals surface area contributed by atoms with Crippen molar-refractivity contribution in [2.75, 3.05) is 0 Å². The van der Waals surface area contributed by atoms with Crippen LogP contribution in [0, 0.1) is 5.92 Å². The van der Waals surface area contributed by atoms with Gasteiger partial charge in [0.05, 0.1) is 0 Å². The van der Waals surface area contributed by atoms with E-state index in [1.165, 1.54) is 44.5 Å². The normalized spacial score (nSPS) is 19.2. The molecule has 246 valence electrons. The van der Waals surface area contributed by atoms with Crippen LogP contribution >= 0.6 is 0 Å². The average Bonchev–Trinajstić information content (AvgIpc) is 3.61. The number of carbonyl (C=O) groups excluding carboxylic acids is 2. The standard InChI is InChI=1S/C44H46O4/c1-30(41(45)47-43(24-12-2-13-25-43)28-39-35-20-8-4-16-31(35)32-17-5-9-21-36(32)39)42(46)48-44(26-14-3-15-27-44)29-40-37-22-10-6-18-33(37)34-19-7-11-23-38(34)40/h4-11,16-23,30,39-40H,2-3,12-15,24-29H2,1H3. The number of rotatable bonds is 8. The smallest absolute Gasteiger partial charge is 0.320 e. The van der Waals surface area contributed by atoms with Crippen molar-refractivity contribution < 1.29 is 19.1 Å². The van der Waals surface area contributed by atoms with Gasteiger partial charge >= 0.3 is 11.9 Å². The zero-order valence-corrected chi connectivity index (χ0v) is 28.1. The number of ether oxygens (including phenoxy) is 2. The third kappa shape index (κ3) is 5.57. The van der Waals surface area contributed by atoms with Crippen LogP contribution in [0.4, 0.5) is 0 Å². The van der Waals surface area contributed by atoms with Crippen LogP contribution < -0.4 is 0 Å². The average molecular weight is 639 g/mol. The molecular weight excluding hydrogens is 592 g/mol. The molecule has 2 saturated carbocycles. The fourth-order valence-electron chi connectivity index (χ4n) is 9.49. The van der Waals surface area contributed by atoms with Gasteiger partial charge in [0, 0.05) is 11.8 Å². The van der Waals surface area contributed by atoms with Crippen molar-refractivity contribution >= 4 is 11.9 Å². The Balaban J connectivity index is 1.02. The summed E-state index contributed by atoms with van der Waals surface area (Å²) >= 11 is 0. The Bertz CT molecular complexity index is 1600. The Morgan fingerprint density at radius 1 is 0.521 bits per heavy atom. The molecule has 4 nitrogen and oxygen atoms in total. The molecule has 4 aromatic carbocycles. The van der Waals surface area contributed by atoms with Crippen molar-refractivity contribution in [2.45, 2.75) is 107 Å². The van der Waals surface area contributed by atoms with Crippen LogP contribution in [0.15, 0.2) is 97.1 Å². The van der Waals surface area contributed by atoms with Gasteiger partial charge in [-0.15, -0.1) is 0 Å². The van der Waals surface area contributed by atoms with E-state index in [4.69, 9.17) is 9.47 Å². The monoisotopic (exact) mass is 638 g/mol. The zero-order chi connectivity index (χ0) is 32.7. The van der Waals surface area contributed by atoms with Gasteiger partial charge in [0.25, 0.3) is 0 Å². The van der Waals surface area contributed by atoms with E-state index in [0.29, 0.717) is 0 Å². The molecule has 4 aliphatic rings. The van der Waals surface area contributed by atoms with E-state index in [2.05, 4.69) is 97.1 Å². The first kappa shape index (κ1) is 31.1. The van der Waals surface area contributed by atoms with Gasteiger partial charge < -0.3 is 9.47 Å². The molecule has 0 heterocycles. The SMILES string of the molecule is CC(C(=O)OC1(CC2c3ccccc3-c3ccccc32)CCCCC1)C(=O)OC1(CC2c3ccccc3-c3ccccc32)CCCCC1. The van der Waals surface area contributed by atoms with Crippen LogP contribution in [0.2, 0.25) is 0 Å². The van der Waals surface area contributed by atoms with Gasteiger partial charge in [0.2, 0.25) is 0 Å². The highest BCUT2D eigenvalue weighted by atomic mass is 16.6. The number of carbonyl (C=O) groups is 2. The molecule has 0 aliphatic heterocycles. The zero-order valence-electron chi connectivity index (χ0n) is 28.1. The quantitative estimate of drug-likeness (QED) is 0.142. The minimum absolute atomic E-state index is 0.160. The Morgan fingerprint density at radius 3 is 1.12 bits per heavy atom. The second-order valence-corrected chi connectivity index (χ2v) is 14.9. The van der Waals surface area contributed by atoms with Crippen molar-refractivity contribution in [1.29, 1.82) is 0 Å². The summed E-state index contributed by atoms with van der Waals surface area (Å²) in [5.41, 5.74) is 9.13. The van der Waals surface area contributed by atoms with Crippen LogP contribution in [-0.2, 0) is 19.1 Å². The van der Waals surface area contributed by atoms with Gasteiger partial charge in [0.1, 0.15) is 11.2 Å². The number of hydrogen-bond acceptors (Lipinski definition) is 4. The molecule has 2 fully saturated rings. The Labute approximate surface area is 284 Å². The van der Waals surface area contributed by atoms with Crippen LogP contribution in [0.25, 0.3) is 22.3 Å². The molecule has 0 atom stereocenters. The van der Waals surface area contributed by atoms with E-state index < -0.39 is 29.1 Å². The van der Waals surface area contributed by atoms with Gasteiger partial charge in [-0.05, 0) is 116 Å². The Hall–Kier alpha value is -4.18. The summed E-state index contributed by atoms with van der Waals surface area (Å²) in [6.45, 7) is 1.69. The molecule has 0 saturated heterocycles. The van der Waals surface area contributed by atoms with E-state index in [1.54, 1.807) is 6.92 Å². The van der Waals surface area contributed by atoms with E-state index in [9.17, 15) is 9.59 Å². The molecule has 0 N–H and O–H groups in total. The number of hydrogen-bond donors (Lipinski definition) is 0. The topological polar surface area (TPSA) is 52.6 Å². The summed E-state index contributed by atoms with van der Waals surface area (Å²) in [6.07, 6.45) is 11.2.